The van der Waals surface area contributed by atoms with E-state index in [1.165, 1.54) is 5.56 Å². The second-order valence-corrected chi connectivity index (χ2v) is 6.32. The molecule has 0 aliphatic heterocycles. The smallest absolute Gasteiger partial charge is 0.0487 e. The molecule has 0 radical (unpaired) electrons. The number of methoxy groups -OCH3 is 1. The van der Waals surface area contributed by atoms with Crippen LogP contribution in [0.4, 0.5) is 0 Å². The minimum Gasteiger partial charge on any atom is -0.385 e. The van der Waals surface area contributed by atoms with Gasteiger partial charge in [-0.2, -0.15) is 0 Å². The van der Waals surface area contributed by atoms with Gasteiger partial charge in [0, 0.05) is 48.0 Å². The fourth-order valence-electron chi connectivity index (χ4n) is 1.96. The normalized spacial score (nSPS) is 11.8. The lowest BCUT2D eigenvalue weighted by Crippen LogP contribution is -2.32. The molecule has 1 rings (SSSR count). The van der Waals surface area contributed by atoms with Crippen molar-refractivity contribution < 1.29 is 9.47 Å². The van der Waals surface area contributed by atoms with Crippen LogP contribution in [0.3, 0.4) is 0 Å². The quantitative estimate of drug-likeness (QED) is 0.393. The maximum atomic E-state index is 6.11. The third-order valence-corrected chi connectivity index (χ3v) is 5.69. The van der Waals surface area contributed by atoms with Gasteiger partial charge in [0.2, 0.25) is 0 Å². The van der Waals surface area contributed by atoms with Crippen LogP contribution in [-0.2, 0) is 14.9 Å². The molecule has 0 spiro atoms. The molecule has 0 amide bonds. The van der Waals surface area contributed by atoms with Crippen molar-refractivity contribution in [3.63, 3.8) is 0 Å². The summed E-state index contributed by atoms with van der Waals surface area (Å²) in [5.41, 5.74) is 1.24. The molecule has 0 bridgehead atoms. The topological polar surface area (TPSA) is 18.5 Å². The molecular formula is C15H21Br2ClO2. The third kappa shape index (κ3) is 5.64. The summed E-state index contributed by atoms with van der Waals surface area (Å²) in [6.07, 6.45) is 1.88. The van der Waals surface area contributed by atoms with E-state index >= 15 is 0 Å². The number of hydrogen-bond donors (Lipinski definition) is 0. The minimum atomic E-state index is 0.00611. The number of ether oxygens (including phenoxy) is 2. The van der Waals surface area contributed by atoms with Gasteiger partial charge in [-0.3, -0.25) is 0 Å². The predicted molar refractivity (Wildman–Crippen MR) is 92.6 cm³/mol. The summed E-state index contributed by atoms with van der Waals surface area (Å²) in [4.78, 5) is 0. The first kappa shape index (κ1) is 18.4. The van der Waals surface area contributed by atoms with Crippen molar-refractivity contribution in [3.05, 3.63) is 34.9 Å². The first-order valence-electron chi connectivity index (χ1n) is 6.63. The average Bonchev–Trinajstić information content (AvgIpc) is 2.47. The Morgan fingerprint density at radius 1 is 1.15 bits per heavy atom. The van der Waals surface area contributed by atoms with Gasteiger partial charge in [0.05, 0.1) is 0 Å². The summed E-state index contributed by atoms with van der Waals surface area (Å²) >= 11 is 13.4. The van der Waals surface area contributed by atoms with Gasteiger partial charge in [0.1, 0.15) is 0 Å². The van der Waals surface area contributed by atoms with Gasteiger partial charge >= 0.3 is 0 Å². The number of alkyl halides is 2. The van der Waals surface area contributed by atoms with Crippen molar-refractivity contribution in [1.29, 1.82) is 0 Å². The van der Waals surface area contributed by atoms with Gasteiger partial charge in [0.25, 0.3) is 0 Å². The Morgan fingerprint density at radius 2 is 1.90 bits per heavy atom. The van der Waals surface area contributed by atoms with E-state index in [2.05, 4.69) is 37.9 Å². The summed E-state index contributed by atoms with van der Waals surface area (Å²) in [5.74, 6) is 0. The molecule has 2 nitrogen and oxygen atoms in total. The molecule has 0 aliphatic rings. The van der Waals surface area contributed by atoms with Gasteiger partial charge in [-0.15, -0.1) is 0 Å². The van der Waals surface area contributed by atoms with Crippen molar-refractivity contribution in [1.82, 2.24) is 0 Å². The van der Waals surface area contributed by atoms with Gasteiger partial charge < -0.3 is 9.47 Å². The molecular weight excluding hydrogens is 407 g/mol. The Hall–Kier alpha value is 0.390. The van der Waals surface area contributed by atoms with E-state index in [9.17, 15) is 0 Å². The number of rotatable bonds is 10. The summed E-state index contributed by atoms with van der Waals surface area (Å²) < 4.78 is 10.7. The van der Waals surface area contributed by atoms with E-state index in [1.807, 2.05) is 18.2 Å². The predicted octanol–water partition coefficient (Wildman–Crippen LogP) is 4.81. The van der Waals surface area contributed by atoms with E-state index < -0.39 is 0 Å². The Morgan fingerprint density at radius 3 is 2.50 bits per heavy atom. The van der Waals surface area contributed by atoms with Crippen molar-refractivity contribution in [2.75, 3.05) is 37.6 Å². The van der Waals surface area contributed by atoms with E-state index in [0.717, 1.165) is 48.3 Å². The fourth-order valence-corrected chi connectivity index (χ4v) is 4.29. The summed E-state index contributed by atoms with van der Waals surface area (Å²) in [6.45, 7) is 2.22. The van der Waals surface area contributed by atoms with Crippen molar-refractivity contribution in [2.24, 2.45) is 0 Å². The van der Waals surface area contributed by atoms with Gasteiger partial charge in [-0.05, 0) is 30.5 Å². The van der Waals surface area contributed by atoms with Crippen LogP contribution in [0.15, 0.2) is 24.3 Å². The molecule has 0 saturated carbocycles. The lowest BCUT2D eigenvalue weighted by Gasteiger charge is -2.31. The molecule has 114 valence electrons. The zero-order valence-corrected chi connectivity index (χ0v) is 15.6. The third-order valence-electron chi connectivity index (χ3n) is 3.31. The maximum Gasteiger partial charge on any atom is 0.0487 e. The zero-order valence-electron chi connectivity index (χ0n) is 11.7. The van der Waals surface area contributed by atoms with E-state index in [4.69, 9.17) is 21.1 Å². The van der Waals surface area contributed by atoms with Crippen molar-refractivity contribution >= 4 is 43.5 Å². The van der Waals surface area contributed by atoms with Crippen LogP contribution in [0.5, 0.6) is 0 Å². The van der Waals surface area contributed by atoms with Crippen LogP contribution in [0, 0.1) is 0 Å². The molecule has 0 unspecified atom stereocenters. The fraction of sp³-hybridized carbons (Fsp3) is 0.600. The van der Waals surface area contributed by atoms with Crippen LogP contribution in [0.25, 0.3) is 0 Å². The first-order valence-corrected chi connectivity index (χ1v) is 9.25. The van der Waals surface area contributed by atoms with E-state index in [0.29, 0.717) is 0 Å². The molecule has 5 heteroatoms. The molecule has 1 aromatic carbocycles. The Kier molecular flexibility index (Phi) is 9.38. The highest BCUT2D eigenvalue weighted by Gasteiger charge is 2.30. The van der Waals surface area contributed by atoms with Crippen molar-refractivity contribution in [2.45, 2.75) is 18.3 Å². The zero-order chi connectivity index (χ0) is 14.8. The van der Waals surface area contributed by atoms with Crippen LogP contribution in [0.2, 0.25) is 5.02 Å². The van der Waals surface area contributed by atoms with Crippen LogP contribution in [-0.4, -0.2) is 37.6 Å². The monoisotopic (exact) mass is 426 g/mol. The van der Waals surface area contributed by atoms with E-state index in [1.54, 1.807) is 7.11 Å². The van der Waals surface area contributed by atoms with Crippen LogP contribution < -0.4 is 0 Å². The van der Waals surface area contributed by atoms with Crippen LogP contribution >= 0.6 is 43.5 Å². The molecule has 0 aromatic heterocycles. The second-order valence-electron chi connectivity index (χ2n) is 4.77. The van der Waals surface area contributed by atoms with Crippen LogP contribution in [0.1, 0.15) is 18.4 Å². The second kappa shape index (κ2) is 10.2. The standard InChI is InChI=1S/C15H21Br2ClO2/c1-19-7-3-8-20-9-6-15(11-16,12-17)13-4-2-5-14(18)10-13/h2,4-5,10H,3,6-9,11-12H2,1H3. The highest BCUT2D eigenvalue weighted by Crippen LogP contribution is 2.33. The molecule has 0 heterocycles. The summed E-state index contributed by atoms with van der Waals surface area (Å²) in [5, 5.41) is 2.51. The minimum absolute atomic E-state index is 0.00611. The molecule has 0 N–H and O–H groups in total. The first-order chi connectivity index (χ1) is 9.68. The Bertz CT molecular complexity index is 384. The average molecular weight is 429 g/mol. The molecule has 0 atom stereocenters. The largest absolute Gasteiger partial charge is 0.385 e. The van der Waals surface area contributed by atoms with E-state index in [-0.39, 0.29) is 5.41 Å². The summed E-state index contributed by atoms with van der Waals surface area (Å²) in [6, 6.07) is 8.06. The lowest BCUT2D eigenvalue weighted by atomic mass is 9.82. The SMILES string of the molecule is COCCCOCCC(CBr)(CBr)c1cccc(Cl)c1. The molecule has 0 aliphatic carbocycles. The molecule has 1 aromatic rings. The van der Waals surface area contributed by atoms with Gasteiger partial charge in [-0.1, -0.05) is 55.6 Å². The van der Waals surface area contributed by atoms with Gasteiger partial charge in [0.15, 0.2) is 0 Å². The van der Waals surface area contributed by atoms with Crippen molar-refractivity contribution in [3.8, 4) is 0 Å². The highest BCUT2D eigenvalue weighted by atomic mass is 79.9. The molecule has 0 saturated heterocycles. The van der Waals surface area contributed by atoms with Gasteiger partial charge in [-0.25, -0.2) is 0 Å². The molecule has 20 heavy (non-hydrogen) atoms. The maximum absolute atomic E-state index is 6.11. The lowest BCUT2D eigenvalue weighted by molar-refractivity contribution is 0.0935. The molecule has 0 fully saturated rings. The number of halogens is 3. The summed E-state index contributed by atoms with van der Waals surface area (Å²) in [7, 11) is 1.71. The number of hydrogen-bond acceptors (Lipinski definition) is 2. The number of benzene rings is 1. The highest BCUT2D eigenvalue weighted by molar-refractivity contribution is 9.09. The Labute approximate surface area is 143 Å². The Balaban J connectivity index is 2.58.